The second-order valence-corrected chi connectivity index (χ2v) is 3.00. The van der Waals surface area contributed by atoms with Crippen LogP contribution in [0.25, 0.3) is 0 Å². The van der Waals surface area contributed by atoms with Crippen LogP contribution in [0.15, 0.2) is 18.2 Å². The Morgan fingerprint density at radius 2 is 2.17 bits per heavy atom. The zero-order chi connectivity index (χ0) is 8.97. The number of hydrogen-bond acceptors (Lipinski definition) is 0. The van der Waals surface area contributed by atoms with E-state index in [2.05, 4.69) is 13.3 Å². The molecule has 1 aromatic carbocycles. The van der Waals surface area contributed by atoms with Crippen LogP contribution >= 0.6 is 0 Å². The van der Waals surface area contributed by atoms with Crippen molar-refractivity contribution in [3.8, 4) is 0 Å². The van der Waals surface area contributed by atoms with Gasteiger partial charge in [0.15, 0.2) is 0 Å². The molecule has 65 valence electrons. The fourth-order valence-electron chi connectivity index (χ4n) is 1.05. The molecule has 0 aromatic heterocycles. The Morgan fingerprint density at radius 1 is 1.42 bits per heavy atom. The van der Waals surface area contributed by atoms with E-state index < -0.39 is 0 Å². The van der Waals surface area contributed by atoms with Gasteiger partial charge in [-0.3, -0.25) is 0 Å². The van der Waals surface area contributed by atoms with E-state index in [1.54, 1.807) is 13.0 Å². The van der Waals surface area contributed by atoms with Gasteiger partial charge in [-0.05, 0) is 37.0 Å². The summed E-state index contributed by atoms with van der Waals surface area (Å²) in [4.78, 5) is 0. The van der Waals surface area contributed by atoms with Gasteiger partial charge in [0.1, 0.15) is 5.82 Å². The highest BCUT2D eigenvalue weighted by Gasteiger charge is 1.98. The van der Waals surface area contributed by atoms with Crippen molar-refractivity contribution >= 4 is 0 Å². The highest BCUT2D eigenvalue weighted by molar-refractivity contribution is 5.28. The van der Waals surface area contributed by atoms with Crippen molar-refractivity contribution < 1.29 is 4.39 Å². The monoisotopic (exact) mass is 165 g/mol. The largest absolute Gasteiger partial charge is 0.207 e. The molecule has 1 heteroatoms. The second-order valence-electron chi connectivity index (χ2n) is 3.00. The molecule has 12 heavy (non-hydrogen) atoms. The summed E-state index contributed by atoms with van der Waals surface area (Å²) < 4.78 is 13.0. The van der Waals surface area contributed by atoms with Crippen molar-refractivity contribution in [1.29, 1.82) is 0 Å². The summed E-state index contributed by atoms with van der Waals surface area (Å²) in [5.74, 6) is -0.111. The van der Waals surface area contributed by atoms with Crippen LogP contribution in [0.2, 0.25) is 0 Å². The predicted octanol–water partition coefficient (Wildman–Crippen LogP) is 3.49. The summed E-state index contributed by atoms with van der Waals surface area (Å²) >= 11 is 0. The predicted molar refractivity (Wildman–Crippen MR) is 49.4 cm³/mol. The number of aryl methyl sites for hydroxylation is 1. The fraction of sp³-hybridized carbons (Fsp3) is 0.364. The minimum atomic E-state index is -0.111. The zero-order valence-electron chi connectivity index (χ0n) is 7.60. The van der Waals surface area contributed by atoms with Crippen LogP contribution in [0.1, 0.15) is 30.9 Å². The van der Waals surface area contributed by atoms with Crippen molar-refractivity contribution in [3.05, 3.63) is 41.6 Å². The number of hydrogen-bond donors (Lipinski definition) is 0. The van der Waals surface area contributed by atoms with Crippen molar-refractivity contribution in [2.45, 2.75) is 26.7 Å². The third-order valence-electron chi connectivity index (χ3n) is 1.86. The van der Waals surface area contributed by atoms with Gasteiger partial charge in [0.25, 0.3) is 0 Å². The number of unbranched alkanes of at least 4 members (excludes halogenated alkanes) is 1. The van der Waals surface area contributed by atoms with E-state index >= 15 is 0 Å². The van der Waals surface area contributed by atoms with Gasteiger partial charge in [-0.25, -0.2) is 4.39 Å². The molecule has 0 spiro atoms. The molecular formula is C11H14F. The lowest BCUT2D eigenvalue weighted by molar-refractivity contribution is 0.617. The minimum Gasteiger partial charge on any atom is -0.207 e. The standard InChI is InChI=1S/C11H14F/c1-3-4-5-10-7-6-9(2)11(12)8-10/h5-8H,3-4H2,1-2H3. The maximum absolute atomic E-state index is 13.0. The SMILES string of the molecule is CCC[CH]c1ccc(C)c(F)c1. The molecule has 0 aliphatic heterocycles. The van der Waals surface area contributed by atoms with Crippen LogP contribution < -0.4 is 0 Å². The van der Waals surface area contributed by atoms with Gasteiger partial charge >= 0.3 is 0 Å². The first kappa shape index (κ1) is 9.24. The Kier molecular flexibility index (Phi) is 3.27. The van der Waals surface area contributed by atoms with E-state index in [0.29, 0.717) is 5.56 Å². The second kappa shape index (κ2) is 4.24. The first-order valence-electron chi connectivity index (χ1n) is 4.33. The van der Waals surface area contributed by atoms with Crippen LogP contribution in [-0.2, 0) is 0 Å². The molecule has 1 rings (SSSR count). The third kappa shape index (κ3) is 2.33. The molecule has 0 fully saturated rings. The number of benzene rings is 1. The summed E-state index contributed by atoms with van der Waals surface area (Å²) in [5.41, 5.74) is 1.70. The average molecular weight is 165 g/mol. The quantitative estimate of drug-likeness (QED) is 0.643. The normalized spacial score (nSPS) is 10.2. The maximum Gasteiger partial charge on any atom is 0.126 e. The molecule has 0 saturated carbocycles. The van der Waals surface area contributed by atoms with Gasteiger partial charge < -0.3 is 0 Å². The molecule has 0 nitrogen and oxygen atoms in total. The Balaban J connectivity index is 2.69. The highest BCUT2D eigenvalue weighted by Crippen LogP contribution is 2.12. The van der Waals surface area contributed by atoms with Crippen molar-refractivity contribution in [1.82, 2.24) is 0 Å². The van der Waals surface area contributed by atoms with E-state index in [0.717, 1.165) is 18.4 Å². The van der Waals surface area contributed by atoms with Crippen molar-refractivity contribution in [3.63, 3.8) is 0 Å². The number of rotatable bonds is 3. The van der Waals surface area contributed by atoms with Gasteiger partial charge in [0.2, 0.25) is 0 Å². The highest BCUT2D eigenvalue weighted by atomic mass is 19.1. The van der Waals surface area contributed by atoms with Gasteiger partial charge in [-0.15, -0.1) is 0 Å². The summed E-state index contributed by atoms with van der Waals surface area (Å²) in [5, 5.41) is 0. The summed E-state index contributed by atoms with van der Waals surface area (Å²) in [6.07, 6.45) is 4.18. The van der Waals surface area contributed by atoms with Crippen LogP contribution in [0.4, 0.5) is 4.39 Å². The number of halogens is 1. The zero-order valence-corrected chi connectivity index (χ0v) is 7.60. The summed E-state index contributed by atoms with van der Waals surface area (Å²) in [7, 11) is 0. The molecule has 0 heterocycles. The molecule has 0 amide bonds. The van der Waals surface area contributed by atoms with Crippen molar-refractivity contribution in [2.75, 3.05) is 0 Å². The third-order valence-corrected chi connectivity index (χ3v) is 1.86. The molecule has 0 atom stereocenters. The molecule has 0 aliphatic rings. The topological polar surface area (TPSA) is 0 Å². The van der Waals surface area contributed by atoms with Gasteiger partial charge in [0.05, 0.1) is 0 Å². The molecular weight excluding hydrogens is 151 g/mol. The fourth-order valence-corrected chi connectivity index (χ4v) is 1.05. The first-order chi connectivity index (χ1) is 5.74. The Hall–Kier alpha value is -0.850. The van der Waals surface area contributed by atoms with Crippen LogP contribution in [-0.4, -0.2) is 0 Å². The Morgan fingerprint density at radius 3 is 2.75 bits per heavy atom. The van der Waals surface area contributed by atoms with Crippen LogP contribution in [0, 0.1) is 19.2 Å². The van der Waals surface area contributed by atoms with Crippen molar-refractivity contribution in [2.24, 2.45) is 0 Å². The summed E-state index contributed by atoms with van der Waals surface area (Å²) in [6.45, 7) is 3.89. The van der Waals surface area contributed by atoms with E-state index in [4.69, 9.17) is 0 Å². The average Bonchev–Trinajstić information content (AvgIpc) is 2.07. The molecule has 0 bridgehead atoms. The Bertz CT molecular complexity index is 253. The molecule has 0 N–H and O–H groups in total. The molecule has 1 radical (unpaired) electrons. The molecule has 1 aromatic rings. The molecule has 0 saturated heterocycles. The lowest BCUT2D eigenvalue weighted by Gasteiger charge is -2.01. The summed E-state index contributed by atoms with van der Waals surface area (Å²) in [6, 6.07) is 5.36. The Labute approximate surface area is 73.4 Å². The van der Waals surface area contributed by atoms with E-state index in [1.165, 1.54) is 0 Å². The first-order valence-corrected chi connectivity index (χ1v) is 4.33. The van der Waals surface area contributed by atoms with Gasteiger partial charge in [0, 0.05) is 0 Å². The lowest BCUT2D eigenvalue weighted by atomic mass is 10.1. The molecule has 0 aliphatic carbocycles. The van der Waals surface area contributed by atoms with Crippen LogP contribution in [0.3, 0.4) is 0 Å². The molecule has 0 unspecified atom stereocenters. The van der Waals surface area contributed by atoms with E-state index in [1.807, 2.05) is 12.1 Å². The van der Waals surface area contributed by atoms with Gasteiger partial charge in [-0.2, -0.15) is 0 Å². The van der Waals surface area contributed by atoms with E-state index in [-0.39, 0.29) is 5.82 Å². The van der Waals surface area contributed by atoms with Gasteiger partial charge in [-0.1, -0.05) is 25.5 Å². The maximum atomic E-state index is 13.0. The minimum absolute atomic E-state index is 0.111. The van der Waals surface area contributed by atoms with Crippen LogP contribution in [0.5, 0.6) is 0 Å². The lowest BCUT2D eigenvalue weighted by Crippen LogP contribution is -1.86. The smallest absolute Gasteiger partial charge is 0.126 e. The van der Waals surface area contributed by atoms with E-state index in [9.17, 15) is 4.39 Å².